The Morgan fingerprint density at radius 1 is 1.37 bits per heavy atom. The molecule has 5 nitrogen and oxygen atoms in total. The number of nitrogens with zero attached hydrogens (tertiary/aromatic N) is 1. The van der Waals surface area contributed by atoms with Gasteiger partial charge in [0.25, 0.3) is 0 Å². The number of amides is 2. The molecule has 1 aliphatic heterocycles. The highest BCUT2D eigenvalue weighted by atomic mass is 79.9. The molecule has 1 aromatic rings. The van der Waals surface area contributed by atoms with Crippen LogP contribution in [0.1, 0.15) is 46.5 Å². The maximum absolute atomic E-state index is 14.0. The summed E-state index contributed by atoms with van der Waals surface area (Å²) >= 11 is 3.20. The molecule has 150 valence electrons. The minimum atomic E-state index is -0.481. The second-order valence-corrected chi connectivity index (χ2v) is 8.24. The van der Waals surface area contributed by atoms with Crippen molar-refractivity contribution < 1.29 is 14.0 Å². The van der Waals surface area contributed by atoms with Crippen molar-refractivity contribution in [3.63, 3.8) is 0 Å². The van der Waals surface area contributed by atoms with Crippen molar-refractivity contribution >= 4 is 33.4 Å². The molecular weight excluding hydrogens is 413 g/mol. The van der Waals surface area contributed by atoms with Gasteiger partial charge < -0.3 is 10.6 Å². The summed E-state index contributed by atoms with van der Waals surface area (Å²) in [7, 11) is 0. The first kappa shape index (κ1) is 21.8. The normalized spacial score (nSPS) is 20.0. The number of likely N-dealkylation sites (tertiary alicyclic amines) is 1. The lowest BCUT2D eigenvalue weighted by Gasteiger charge is -2.35. The first-order valence-corrected chi connectivity index (χ1v) is 10.4. The maximum Gasteiger partial charge on any atom is 0.241 e. The molecule has 0 bridgehead atoms. The van der Waals surface area contributed by atoms with E-state index in [1.807, 2.05) is 11.8 Å². The van der Waals surface area contributed by atoms with E-state index in [9.17, 15) is 14.0 Å². The molecular formula is C20H29BrFN3O2. The van der Waals surface area contributed by atoms with Crippen LogP contribution in [0.15, 0.2) is 22.7 Å². The molecule has 0 spiro atoms. The number of hydrogen-bond acceptors (Lipinski definition) is 3. The van der Waals surface area contributed by atoms with Gasteiger partial charge in [0.15, 0.2) is 0 Å². The SMILES string of the molecule is CCCC(C)NC(=O)C1CCCN(C(C)C(=O)Nc2ccc(Br)cc2F)C1. The molecule has 2 rings (SSSR count). The number of rotatable bonds is 7. The second kappa shape index (κ2) is 10.2. The summed E-state index contributed by atoms with van der Waals surface area (Å²) in [5.74, 6) is -0.799. The topological polar surface area (TPSA) is 61.4 Å². The predicted octanol–water partition coefficient (Wildman–Crippen LogP) is 3.93. The first-order valence-electron chi connectivity index (χ1n) is 9.62. The zero-order valence-corrected chi connectivity index (χ0v) is 17.8. The van der Waals surface area contributed by atoms with Gasteiger partial charge in [0.05, 0.1) is 17.6 Å². The number of carbonyl (C=O) groups excluding carboxylic acids is 2. The van der Waals surface area contributed by atoms with Crippen LogP contribution < -0.4 is 10.6 Å². The van der Waals surface area contributed by atoms with E-state index in [4.69, 9.17) is 0 Å². The molecule has 1 heterocycles. The smallest absolute Gasteiger partial charge is 0.241 e. The van der Waals surface area contributed by atoms with Crippen molar-refractivity contribution in [3.8, 4) is 0 Å². The lowest BCUT2D eigenvalue weighted by atomic mass is 9.95. The Kier molecular flexibility index (Phi) is 8.23. The molecule has 0 aromatic heterocycles. The van der Waals surface area contributed by atoms with E-state index in [1.165, 1.54) is 12.1 Å². The molecule has 1 aromatic carbocycles. The van der Waals surface area contributed by atoms with Gasteiger partial charge in [-0.25, -0.2) is 4.39 Å². The van der Waals surface area contributed by atoms with E-state index in [0.29, 0.717) is 11.0 Å². The third-order valence-electron chi connectivity index (χ3n) is 5.05. The van der Waals surface area contributed by atoms with Crippen LogP contribution in [0.3, 0.4) is 0 Å². The minimum Gasteiger partial charge on any atom is -0.353 e. The monoisotopic (exact) mass is 441 g/mol. The summed E-state index contributed by atoms with van der Waals surface area (Å²) in [5.41, 5.74) is 0.162. The molecule has 2 N–H and O–H groups in total. The van der Waals surface area contributed by atoms with Crippen LogP contribution >= 0.6 is 15.9 Å². The van der Waals surface area contributed by atoms with E-state index < -0.39 is 11.9 Å². The van der Waals surface area contributed by atoms with Gasteiger partial charge in [0.2, 0.25) is 11.8 Å². The maximum atomic E-state index is 14.0. The van der Waals surface area contributed by atoms with Gasteiger partial charge in [0, 0.05) is 17.1 Å². The minimum absolute atomic E-state index is 0.0622. The highest BCUT2D eigenvalue weighted by Gasteiger charge is 2.31. The zero-order valence-electron chi connectivity index (χ0n) is 16.2. The average molecular weight is 442 g/mol. The van der Waals surface area contributed by atoms with Crippen molar-refractivity contribution in [2.24, 2.45) is 5.92 Å². The Bertz CT molecular complexity index is 671. The van der Waals surface area contributed by atoms with Gasteiger partial charge in [-0.15, -0.1) is 0 Å². The van der Waals surface area contributed by atoms with E-state index in [2.05, 4.69) is 33.5 Å². The molecule has 1 fully saturated rings. The highest BCUT2D eigenvalue weighted by molar-refractivity contribution is 9.10. The molecule has 27 heavy (non-hydrogen) atoms. The molecule has 0 saturated carbocycles. The van der Waals surface area contributed by atoms with Crippen LogP contribution in [0.4, 0.5) is 10.1 Å². The van der Waals surface area contributed by atoms with E-state index in [1.54, 1.807) is 13.0 Å². The van der Waals surface area contributed by atoms with Gasteiger partial charge in [-0.3, -0.25) is 14.5 Å². The van der Waals surface area contributed by atoms with Crippen molar-refractivity contribution in [2.45, 2.75) is 58.5 Å². The summed E-state index contributed by atoms with van der Waals surface area (Å²) in [5, 5.41) is 5.72. The average Bonchev–Trinajstić information content (AvgIpc) is 2.63. The molecule has 0 radical (unpaired) electrons. The number of halogens is 2. The van der Waals surface area contributed by atoms with Gasteiger partial charge in [-0.2, -0.15) is 0 Å². The third kappa shape index (κ3) is 6.28. The molecule has 1 aliphatic rings. The highest BCUT2D eigenvalue weighted by Crippen LogP contribution is 2.22. The third-order valence-corrected chi connectivity index (χ3v) is 5.54. The van der Waals surface area contributed by atoms with Crippen molar-refractivity contribution in [2.75, 3.05) is 18.4 Å². The number of anilines is 1. The Labute approximate surface area is 169 Å². The molecule has 7 heteroatoms. The van der Waals surface area contributed by atoms with Crippen LogP contribution in [-0.4, -0.2) is 41.9 Å². The predicted molar refractivity (Wildman–Crippen MR) is 109 cm³/mol. The summed E-state index contributed by atoms with van der Waals surface area (Å²) in [6.07, 6.45) is 3.68. The summed E-state index contributed by atoms with van der Waals surface area (Å²) < 4.78 is 14.6. The lowest BCUT2D eigenvalue weighted by Crippen LogP contribution is -2.50. The largest absolute Gasteiger partial charge is 0.353 e. The van der Waals surface area contributed by atoms with Crippen molar-refractivity contribution in [1.29, 1.82) is 0 Å². The Hall–Kier alpha value is -1.47. The van der Waals surface area contributed by atoms with E-state index in [0.717, 1.165) is 32.2 Å². The zero-order chi connectivity index (χ0) is 20.0. The number of benzene rings is 1. The molecule has 3 unspecified atom stereocenters. The second-order valence-electron chi connectivity index (χ2n) is 7.32. The first-order chi connectivity index (χ1) is 12.8. The number of hydrogen-bond donors (Lipinski definition) is 2. The van der Waals surface area contributed by atoms with Crippen LogP contribution in [0, 0.1) is 11.7 Å². The van der Waals surface area contributed by atoms with Crippen molar-refractivity contribution in [1.82, 2.24) is 10.2 Å². The molecule has 2 amide bonds. The Balaban J connectivity index is 1.94. The molecule has 3 atom stereocenters. The standard InChI is InChI=1S/C20H29BrFN3O2/c1-4-6-13(2)23-20(27)15-7-5-10-25(12-15)14(3)19(26)24-18-9-8-16(21)11-17(18)22/h8-9,11,13-15H,4-7,10,12H2,1-3H3,(H,23,27)(H,24,26). The fourth-order valence-electron chi connectivity index (χ4n) is 3.43. The number of nitrogens with one attached hydrogen (secondary N) is 2. The van der Waals surface area contributed by atoms with Crippen LogP contribution in [0.5, 0.6) is 0 Å². The quantitative estimate of drug-likeness (QED) is 0.673. The fraction of sp³-hybridized carbons (Fsp3) is 0.600. The Morgan fingerprint density at radius 3 is 2.78 bits per heavy atom. The molecule has 0 aliphatic carbocycles. The van der Waals surface area contributed by atoms with Crippen LogP contribution in [0.2, 0.25) is 0 Å². The van der Waals surface area contributed by atoms with Gasteiger partial charge >= 0.3 is 0 Å². The van der Waals surface area contributed by atoms with Crippen molar-refractivity contribution in [3.05, 3.63) is 28.5 Å². The summed E-state index contributed by atoms with van der Waals surface area (Å²) in [4.78, 5) is 27.1. The van der Waals surface area contributed by atoms with Gasteiger partial charge in [-0.05, 0) is 57.9 Å². The number of carbonyl (C=O) groups is 2. The van der Waals surface area contributed by atoms with Gasteiger partial charge in [0.1, 0.15) is 5.82 Å². The lowest BCUT2D eigenvalue weighted by molar-refractivity contribution is -0.129. The summed E-state index contributed by atoms with van der Waals surface area (Å²) in [6, 6.07) is 4.27. The van der Waals surface area contributed by atoms with Gasteiger partial charge in [-0.1, -0.05) is 29.3 Å². The summed E-state index contributed by atoms with van der Waals surface area (Å²) in [6.45, 7) is 7.21. The van der Waals surface area contributed by atoms with E-state index in [-0.39, 0.29) is 29.5 Å². The fourth-order valence-corrected chi connectivity index (χ4v) is 3.77. The van der Waals surface area contributed by atoms with Crippen LogP contribution in [-0.2, 0) is 9.59 Å². The number of piperidine rings is 1. The van der Waals surface area contributed by atoms with E-state index >= 15 is 0 Å². The van der Waals surface area contributed by atoms with Crippen LogP contribution in [0.25, 0.3) is 0 Å². The Morgan fingerprint density at radius 2 is 2.11 bits per heavy atom. The molecule has 1 saturated heterocycles.